The number of hydrogen-bond donors (Lipinski definition) is 1. The van der Waals surface area contributed by atoms with Gasteiger partial charge in [0.2, 0.25) is 5.91 Å². The van der Waals surface area contributed by atoms with Gasteiger partial charge >= 0.3 is 5.97 Å². The highest BCUT2D eigenvalue weighted by Crippen LogP contribution is 2.44. The normalized spacial score (nSPS) is 16.8. The first-order valence-electron chi connectivity index (χ1n) is 14.3. The van der Waals surface area contributed by atoms with Crippen LogP contribution in [0.2, 0.25) is 0 Å². The Morgan fingerprint density at radius 2 is 1.61 bits per heavy atom. The van der Waals surface area contributed by atoms with Crippen molar-refractivity contribution in [3.8, 4) is 22.6 Å². The minimum atomic E-state index is -0.884. The summed E-state index contributed by atoms with van der Waals surface area (Å²) in [5.41, 5.74) is 4.15. The number of anilines is 1. The SMILES string of the molecule is CCOc1cc(CN2CCC3(CC2)CC(=O)N(c2cccc(CC(=O)O)c2)C3)cc(OCC)c1-c1ccc(F)cc1. The smallest absolute Gasteiger partial charge is 0.307 e. The van der Waals surface area contributed by atoms with Gasteiger partial charge in [0.05, 0.1) is 25.2 Å². The van der Waals surface area contributed by atoms with Gasteiger partial charge in [-0.2, -0.15) is 0 Å². The van der Waals surface area contributed by atoms with Gasteiger partial charge < -0.3 is 19.5 Å². The van der Waals surface area contributed by atoms with Crippen LogP contribution in [0.4, 0.5) is 10.1 Å². The molecule has 2 aliphatic rings. The van der Waals surface area contributed by atoms with Crippen molar-refractivity contribution in [1.82, 2.24) is 4.90 Å². The second-order valence-corrected chi connectivity index (χ2v) is 11.0. The minimum absolute atomic E-state index is 0.0587. The van der Waals surface area contributed by atoms with E-state index in [0.29, 0.717) is 31.7 Å². The lowest BCUT2D eigenvalue weighted by Gasteiger charge is -2.39. The molecule has 0 aromatic heterocycles. The van der Waals surface area contributed by atoms with Gasteiger partial charge in [-0.3, -0.25) is 14.5 Å². The van der Waals surface area contributed by atoms with Gasteiger partial charge in [-0.15, -0.1) is 0 Å². The van der Waals surface area contributed by atoms with Crippen molar-refractivity contribution < 1.29 is 28.6 Å². The summed E-state index contributed by atoms with van der Waals surface area (Å²) in [7, 11) is 0. The van der Waals surface area contributed by atoms with E-state index in [1.807, 2.05) is 36.9 Å². The van der Waals surface area contributed by atoms with Gasteiger partial charge in [0.1, 0.15) is 17.3 Å². The maximum absolute atomic E-state index is 13.6. The van der Waals surface area contributed by atoms with Crippen LogP contribution < -0.4 is 14.4 Å². The third-order valence-electron chi connectivity index (χ3n) is 8.08. The molecule has 0 bridgehead atoms. The van der Waals surface area contributed by atoms with Crippen LogP contribution >= 0.6 is 0 Å². The van der Waals surface area contributed by atoms with Gasteiger partial charge in [0.15, 0.2) is 0 Å². The summed E-state index contributed by atoms with van der Waals surface area (Å²) < 4.78 is 25.7. The molecule has 0 radical (unpaired) electrons. The van der Waals surface area contributed by atoms with E-state index in [-0.39, 0.29) is 23.6 Å². The number of rotatable bonds is 10. The number of carbonyl (C=O) groups is 2. The molecule has 1 N–H and O–H groups in total. The molecule has 3 aromatic carbocycles. The second-order valence-electron chi connectivity index (χ2n) is 11.0. The van der Waals surface area contributed by atoms with Crippen LogP contribution in [0.5, 0.6) is 11.5 Å². The number of hydrogen-bond acceptors (Lipinski definition) is 5. The van der Waals surface area contributed by atoms with Gasteiger partial charge in [-0.1, -0.05) is 24.3 Å². The molecule has 2 aliphatic heterocycles. The van der Waals surface area contributed by atoms with E-state index >= 15 is 0 Å². The van der Waals surface area contributed by atoms with Gasteiger partial charge in [0.25, 0.3) is 0 Å². The number of aliphatic carboxylic acids is 1. The first-order chi connectivity index (χ1) is 19.8. The molecule has 7 nitrogen and oxygen atoms in total. The van der Waals surface area contributed by atoms with Crippen molar-refractivity contribution in [3.05, 3.63) is 77.6 Å². The third-order valence-corrected chi connectivity index (χ3v) is 8.08. The number of halogens is 1. The monoisotopic (exact) mass is 560 g/mol. The fourth-order valence-electron chi connectivity index (χ4n) is 6.09. The average Bonchev–Trinajstić information content (AvgIpc) is 3.26. The maximum Gasteiger partial charge on any atom is 0.307 e. The van der Waals surface area contributed by atoms with E-state index in [0.717, 1.165) is 66.4 Å². The summed E-state index contributed by atoms with van der Waals surface area (Å²) in [6, 6.07) is 17.8. The highest BCUT2D eigenvalue weighted by Gasteiger charge is 2.45. The highest BCUT2D eigenvalue weighted by atomic mass is 19.1. The van der Waals surface area contributed by atoms with E-state index < -0.39 is 5.97 Å². The lowest BCUT2D eigenvalue weighted by Crippen LogP contribution is -2.41. The van der Waals surface area contributed by atoms with Crippen LogP contribution in [0, 0.1) is 11.2 Å². The van der Waals surface area contributed by atoms with Crippen molar-refractivity contribution in [3.63, 3.8) is 0 Å². The van der Waals surface area contributed by atoms with Crippen LogP contribution in [-0.4, -0.2) is 54.7 Å². The minimum Gasteiger partial charge on any atom is -0.493 e. The number of nitrogens with zero attached hydrogens (tertiary/aromatic N) is 2. The maximum atomic E-state index is 13.6. The molecule has 41 heavy (non-hydrogen) atoms. The van der Waals surface area contributed by atoms with E-state index in [1.165, 1.54) is 12.1 Å². The van der Waals surface area contributed by atoms with Gasteiger partial charge in [-0.05, 0) is 98.3 Å². The number of likely N-dealkylation sites (tertiary alicyclic amines) is 1. The Kier molecular flexibility index (Phi) is 8.59. The molecule has 216 valence electrons. The predicted molar refractivity (Wildman–Crippen MR) is 156 cm³/mol. The first kappa shape index (κ1) is 28.6. The summed E-state index contributed by atoms with van der Waals surface area (Å²) in [6.45, 7) is 8.01. The Morgan fingerprint density at radius 3 is 2.22 bits per heavy atom. The molecule has 2 heterocycles. The topological polar surface area (TPSA) is 79.3 Å². The largest absolute Gasteiger partial charge is 0.493 e. The Hall–Kier alpha value is -3.91. The number of amides is 1. The zero-order valence-corrected chi connectivity index (χ0v) is 23.7. The standard InChI is InChI=1S/C33H37FN2O5/c1-3-40-28-17-24(18-29(41-4-2)32(28)25-8-10-26(34)11-9-25)21-35-14-12-33(13-15-35)20-30(37)36(22-33)27-7-5-6-23(16-27)19-31(38)39/h5-11,16-18H,3-4,12-15,19-22H2,1-2H3,(H,38,39). The van der Waals surface area contributed by atoms with Crippen LogP contribution in [0.15, 0.2) is 60.7 Å². The van der Waals surface area contributed by atoms with E-state index in [2.05, 4.69) is 17.0 Å². The molecule has 2 saturated heterocycles. The van der Waals surface area contributed by atoms with Crippen LogP contribution in [-0.2, 0) is 22.6 Å². The predicted octanol–water partition coefficient (Wildman–Crippen LogP) is 5.94. The quantitative estimate of drug-likeness (QED) is 0.331. The zero-order valence-electron chi connectivity index (χ0n) is 23.7. The van der Waals surface area contributed by atoms with Crippen LogP contribution in [0.1, 0.15) is 44.2 Å². The number of ether oxygens (including phenoxy) is 2. The summed E-state index contributed by atoms with van der Waals surface area (Å²) in [5, 5.41) is 9.15. The Morgan fingerprint density at radius 1 is 0.951 bits per heavy atom. The summed E-state index contributed by atoms with van der Waals surface area (Å²) >= 11 is 0. The third kappa shape index (κ3) is 6.54. The summed E-state index contributed by atoms with van der Waals surface area (Å²) in [6.07, 6.45) is 2.28. The summed E-state index contributed by atoms with van der Waals surface area (Å²) in [5.74, 6) is 0.366. The first-order valence-corrected chi connectivity index (χ1v) is 14.3. The summed E-state index contributed by atoms with van der Waals surface area (Å²) in [4.78, 5) is 28.5. The fourth-order valence-corrected chi connectivity index (χ4v) is 6.09. The molecular formula is C33H37FN2O5. The van der Waals surface area contributed by atoms with Crippen molar-refractivity contribution in [2.24, 2.45) is 5.41 Å². The molecule has 0 saturated carbocycles. The number of carbonyl (C=O) groups excluding carboxylic acids is 1. The van der Waals surface area contributed by atoms with Crippen LogP contribution in [0.25, 0.3) is 11.1 Å². The highest BCUT2D eigenvalue weighted by molar-refractivity contribution is 5.96. The number of carboxylic acid groups (broad SMARTS) is 1. The molecule has 3 aromatic rings. The lowest BCUT2D eigenvalue weighted by molar-refractivity contribution is -0.136. The Labute approximate surface area is 240 Å². The van der Waals surface area contributed by atoms with E-state index in [4.69, 9.17) is 14.6 Å². The molecule has 8 heteroatoms. The second kappa shape index (κ2) is 12.3. The van der Waals surface area contributed by atoms with Gasteiger partial charge in [0, 0.05) is 25.2 Å². The Balaban J connectivity index is 1.29. The Bertz CT molecular complexity index is 1370. The molecule has 0 unspecified atom stereocenters. The number of benzene rings is 3. The molecule has 2 fully saturated rings. The number of piperidine rings is 1. The molecule has 1 amide bonds. The van der Waals surface area contributed by atoms with Gasteiger partial charge in [-0.25, -0.2) is 4.39 Å². The van der Waals surface area contributed by atoms with Crippen molar-refractivity contribution in [2.75, 3.05) is 37.7 Å². The lowest BCUT2D eigenvalue weighted by atomic mass is 9.77. The molecular weight excluding hydrogens is 523 g/mol. The average molecular weight is 561 g/mol. The van der Waals surface area contributed by atoms with Crippen molar-refractivity contribution in [1.29, 1.82) is 0 Å². The molecule has 0 atom stereocenters. The van der Waals surface area contributed by atoms with E-state index in [9.17, 15) is 14.0 Å². The van der Waals surface area contributed by atoms with Crippen molar-refractivity contribution in [2.45, 2.75) is 46.1 Å². The van der Waals surface area contributed by atoms with Crippen molar-refractivity contribution >= 4 is 17.6 Å². The molecule has 1 spiro atoms. The zero-order chi connectivity index (χ0) is 29.0. The van der Waals surface area contributed by atoms with E-state index in [1.54, 1.807) is 18.2 Å². The molecule has 0 aliphatic carbocycles. The fraction of sp³-hybridized carbons (Fsp3) is 0.394. The number of carboxylic acids is 1. The van der Waals surface area contributed by atoms with Crippen LogP contribution in [0.3, 0.4) is 0 Å². The molecule has 5 rings (SSSR count).